The van der Waals surface area contributed by atoms with E-state index in [0.717, 1.165) is 22.8 Å². The fourth-order valence-corrected chi connectivity index (χ4v) is 3.96. The second kappa shape index (κ2) is 7.72. The monoisotopic (exact) mass is 391 g/mol. The van der Waals surface area contributed by atoms with Crippen LogP contribution in [0.4, 0.5) is 0 Å². The lowest BCUT2D eigenvalue weighted by molar-refractivity contribution is -0.124. The average Bonchev–Trinajstić information content (AvgIpc) is 3.04. The van der Waals surface area contributed by atoms with E-state index in [2.05, 4.69) is 28.6 Å². The van der Waals surface area contributed by atoms with Crippen LogP contribution in [0.1, 0.15) is 27.2 Å². The molecule has 3 N–H and O–H groups in total. The molecule has 2 amide bonds. The molecule has 8 heteroatoms. The molecule has 2 atom stereocenters. The van der Waals surface area contributed by atoms with Crippen molar-refractivity contribution in [3.63, 3.8) is 0 Å². The van der Waals surface area contributed by atoms with Gasteiger partial charge in [-0.1, -0.05) is 6.08 Å². The van der Waals surface area contributed by atoms with Crippen molar-refractivity contribution in [2.24, 2.45) is 5.92 Å². The summed E-state index contributed by atoms with van der Waals surface area (Å²) in [7, 11) is 0. The molecule has 3 rings (SSSR count). The summed E-state index contributed by atoms with van der Waals surface area (Å²) in [5, 5.41) is 8.68. The number of thiol groups is 1. The van der Waals surface area contributed by atoms with Crippen LogP contribution in [-0.4, -0.2) is 36.6 Å². The first-order valence-electron chi connectivity index (χ1n) is 8.88. The Morgan fingerprint density at radius 1 is 1.33 bits per heavy atom. The highest BCUT2D eigenvalue weighted by atomic mass is 32.1. The molecular weight excluding hydrogens is 366 g/mol. The Morgan fingerprint density at radius 2 is 2.11 bits per heavy atom. The second-order valence-electron chi connectivity index (χ2n) is 7.09. The van der Waals surface area contributed by atoms with Crippen LogP contribution in [0.15, 0.2) is 46.6 Å². The van der Waals surface area contributed by atoms with E-state index in [1.165, 1.54) is 0 Å². The zero-order chi connectivity index (χ0) is 19.6. The number of allylic oxidation sites excluding steroid dienone is 5. The summed E-state index contributed by atoms with van der Waals surface area (Å²) in [6, 6.07) is 0. The van der Waals surface area contributed by atoms with Crippen LogP contribution in [0, 0.1) is 5.92 Å². The number of nitrogens with one attached hydrogen (secondary N) is 3. The second-order valence-corrected chi connectivity index (χ2v) is 7.98. The van der Waals surface area contributed by atoms with Crippen molar-refractivity contribution in [2.45, 2.75) is 32.1 Å². The molecule has 2 heterocycles. The molecule has 3 aliphatic rings. The first-order valence-corrected chi connectivity index (χ1v) is 9.33. The summed E-state index contributed by atoms with van der Waals surface area (Å²) in [4.78, 5) is 23.9. The molecule has 1 aliphatic carbocycles. The summed E-state index contributed by atoms with van der Waals surface area (Å²) in [6.07, 6.45) is 6.45. The zero-order valence-corrected chi connectivity index (χ0v) is 16.6. The number of hydrogen-bond acceptors (Lipinski definition) is 6. The molecule has 0 saturated carbocycles. The van der Waals surface area contributed by atoms with Gasteiger partial charge in [-0.15, -0.1) is 12.6 Å². The highest BCUT2D eigenvalue weighted by Crippen LogP contribution is 2.30. The molecule has 0 spiro atoms. The van der Waals surface area contributed by atoms with E-state index < -0.39 is 4.87 Å². The largest absolute Gasteiger partial charge is 0.458 e. The van der Waals surface area contributed by atoms with Gasteiger partial charge in [0, 0.05) is 24.6 Å². The Labute approximate surface area is 164 Å². The number of amides is 2. The van der Waals surface area contributed by atoms with Crippen molar-refractivity contribution in [1.82, 2.24) is 16.0 Å². The molecule has 2 unspecified atom stereocenters. The van der Waals surface area contributed by atoms with E-state index >= 15 is 0 Å². The van der Waals surface area contributed by atoms with Gasteiger partial charge in [0.1, 0.15) is 10.6 Å². The number of dihydropyridines is 1. The van der Waals surface area contributed by atoms with Gasteiger partial charge in [0.2, 0.25) is 12.7 Å². The van der Waals surface area contributed by atoms with Gasteiger partial charge in [-0.2, -0.15) is 0 Å². The van der Waals surface area contributed by atoms with E-state index in [4.69, 9.17) is 9.47 Å². The Bertz CT molecular complexity index is 780. The van der Waals surface area contributed by atoms with E-state index in [-0.39, 0.29) is 31.1 Å². The topological polar surface area (TPSA) is 88.7 Å². The third-order valence-electron chi connectivity index (χ3n) is 4.64. The number of carbonyl (C=O) groups excluding carboxylic acids is 2. The molecule has 27 heavy (non-hydrogen) atoms. The van der Waals surface area contributed by atoms with Crippen LogP contribution in [-0.2, 0) is 19.1 Å². The molecule has 0 aromatic heterocycles. The molecule has 2 aliphatic heterocycles. The molecule has 0 aromatic rings. The van der Waals surface area contributed by atoms with Crippen molar-refractivity contribution in [2.75, 3.05) is 19.9 Å². The molecule has 7 nitrogen and oxygen atoms in total. The van der Waals surface area contributed by atoms with Gasteiger partial charge in [-0.25, -0.2) is 0 Å². The highest BCUT2D eigenvalue weighted by Gasteiger charge is 2.33. The summed E-state index contributed by atoms with van der Waals surface area (Å²) in [5.74, 6) is 1.20. The molecule has 0 aromatic carbocycles. The summed E-state index contributed by atoms with van der Waals surface area (Å²) >= 11 is 4.55. The maximum absolute atomic E-state index is 12.6. The summed E-state index contributed by atoms with van der Waals surface area (Å²) in [6.45, 7) is 6.23. The van der Waals surface area contributed by atoms with Gasteiger partial charge in [0.25, 0.3) is 5.91 Å². The fraction of sp³-hybridized carbons (Fsp3) is 0.474. The lowest BCUT2D eigenvalue weighted by atomic mass is 9.96. The van der Waals surface area contributed by atoms with Crippen molar-refractivity contribution in [3.05, 3.63) is 46.6 Å². The minimum absolute atomic E-state index is 0.0911. The first kappa shape index (κ1) is 19.4. The standard InChI is InChI=1S/C19H25N3O4S/c1-11-6-12(2)22-19(3,27)17(11)18(24)21-9-16(23)20-8-13-4-5-14-15(7-13)26-10-25-14/h4-6,13,22,27H,7-10H2,1-3H3,(H,20,23)(H,21,24). The van der Waals surface area contributed by atoms with E-state index in [0.29, 0.717) is 18.5 Å². The van der Waals surface area contributed by atoms with Gasteiger partial charge >= 0.3 is 0 Å². The van der Waals surface area contributed by atoms with Crippen molar-refractivity contribution < 1.29 is 19.1 Å². The third kappa shape index (κ3) is 4.50. The van der Waals surface area contributed by atoms with Crippen LogP contribution in [0.5, 0.6) is 0 Å². The first-order chi connectivity index (χ1) is 12.8. The van der Waals surface area contributed by atoms with Crippen molar-refractivity contribution in [3.8, 4) is 0 Å². The molecule has 146 valence electrons. The van der Waals surface area contributed by atoms with E-state index in [1.807, 2.05) is 39.0 Å². The average molecular weight is 391 g/mol. The van der Waals surface area contributed by atoms with Crippen LogP contribution >= 0.6 is 12.6 Å². The minimum Gasteiger partial charge on any atom is -0.458 e. The Kier molecular flexibility index (Phi) is 5.55. The smallest absolute Gasteiger partial charge is 0.251 e. The lowest BCUT2D eigenvalue weighted by Crippen LogP contribution is -2.48. The van der Waals surface area contributed by atoms with Crippen LogP contribution < -0.4 is 16.0 Å². The third-order valence-corrected chi connectivity index (χ3v) is 4.98. The number of rotatable bonds is 5. The number of ether oxygens (including phenoxy) is 2. The highest BCUT2D eigenvalue weighted by molar-refractivity contribution is 7.82. The van der Waals surface area contributed by atoms with Crippen LogP contribution in [0.2, 0.25) is 0 Å². The maximum atomic E-state index is 12.6. The minimum atomic E-state index is -0.787. The Hall–Kier alpha value is -2.35. The lowest BCUT2D eigenvalue weighted by Gasteiger charge is -2.33. The van der Waals surface area contributed by atoms with Gasteiger partial charge in [0.05, 0.1) is 12.1 Å². The van der Waals surface area contributed by atoms with E-state index in [1.54, 1.807) is 0 Å². The van der Waals surface area contributed by atoms with Crippen molar-refractivity contribution >= 4 is 24.4 Å². The van der Waals surface area contributed by atoms with Crippen LogP contribution in [0.25, 0.3) is 0 Å². The molecule has 0 saturated heterocycles. The molecular formula is C19H25N3O4S. The fourth-order valence-electron chi connectivity index (χ4n) is 3.51. The predicted octanol–water partition coefficient (Wildman–Crippen LogP) is 1.48. The van der Waals surface area contributed by atoms with Crippen LogP contribution in [0.3, 0.4) is 0 Å². The summed E-state index contributed by atoms with van der Waals surface area (Å²) < 4.78 is 10.7. The maximum Gasteiger partial charge on any atom is 0.251 e. The molecule has 0 bridgehead atoms. The normalized spacial score (nSPS) is 26.5. The van der Waals surface area contributed by atoms with Gasteiger partial charge in [0.15, 0.2) is 5.76 Å². The predicted molar refractivity (Wildman–Crippen MR) is 104 cm³/mol. The summed E-state index contributed by atoms with van der Waals surface area (Å²) in [5.41, 5.74) is 2.28. The molecule has 0 radical (unpaired) electrons. The van der Waals surface area contributed by atoms with Gasteiger partial charge < -0.3 is 25.4 Å². The Balaban J connectivity index is 1.47. The number of carbonyl (C=O) groups is 2. The molecule has 0 fully saturated rings. The van der Waals surface area contributed by atoms with E-state index in [9.17, 15) is 9.59 Å². The zero-order valence-electron chi connectivity index (χ0n) is 15.7. The Morgan fingerprint density at radius 3 is 2.85 bits per heavy atom. The quantitative estimate of drug-likeness (QED) is 0.533. The van der Waals surface area contributed by atoms with Gasteiger partial charge in [-0.3, -0.25) is 9.59 Å². The van der Waals surface area contributed by atoms with Crippen molar-refractivity contribution in [1.29, 1.82) is 0 Å². The van der Waals surface area contributed by atoms with Gasteiger partial charge in [-0.05, 0) is 38.5 Å². The SMILES string of the molecule is CC1=CC(C)=C(C(=O)NCC(=O)NCC2C=CC3=C(C2)OCO3)C(C)(S)N1. The number of hydrogen-bond donors (Lipinski definition) is 4.